The van der Waals surface area contributed by atoms with Gasteiger partial charge in [-0.3, -0.25) is 0 Å². The monoisotopic (exact) mass is 371 g/mol. The van der Waals surface area contributed by atoms with Crippen molar-refractivity contribution in [1.29, 1.82) is 0 Å². The highest BCUT2D eigenvalue weighted by Crippen LogP contribution is 2.31. The number of imidazole rings is 1. The Morgan fingerprint density at radius 2 is 1.88 bits per heavy atom. The Morgan fingerprint density at radius 1 is 1.12 bits per heavy atom. The number of fused-ring (bicyclic) bond motifs is 1. The number of phenols is 1. The van der Waals surface area contributed by atoms with Crippen LogP contribution in [0, 0.1) is 0 Å². The van der Waals surface area contributed by atoms with Crippen LogP contribution in [0.15, 0.2) is 30.6 Å². The zero-order valence-electron chi connectivity index (χ0n) is 14.5. The van der Waals surface area contributed by atoms with Gasteiger partial charge in [-0.15, -0.1) is 0 Å². The second-order valence-corrected chi connectivity index (χ2v) is 7.14. The van der Waals surface area contributed by atoms with E-state index in [0.29, 0.717) is 18.4 Å². The molecule has 0 amide bonds. The third kappa shape index (κ3) is 3.60. The summed E-state index contributed by atoms with van der Waals surface area (Å²) in [6.45, 7) is 0.698. The molecule has 7 heteroatoms. The van der Waals surface area contributed by atoms with Crippen LogP contribution in [0.3, 0.4) is 0 Å². The topological polar surface area (TPSA) is 75.9 Å². The van der Waals surface area contributed by atoms with Crippen molar-refractivity contribution in [1.82, 2.24) is 19.5 Å². The Kier molecular flexibility index (Phi) is 4.93. The number of aromatic hydroxyl groups is 1. The number of phenolic OH excluding ortho intramolecular Hbond substituents is 1. The van der Waals surface area contributed by atoms with E-state index in [4.69, 9.17) is 11.6 Å². The Balaban J connectivity index is 1.53. The molecule has 0 saturated heterocycles. The molecule has 2 N–H and O–H groups in total. The van der Waals surface area contributed by atoms with E-state index in [0.717, 1.165) is 36.0 Å². The van der Waals surface area contributed by atoms with Crippen LogP contribution in [-0.4, -0.2) is 31.2 Å². The molecule has 26 heavy (non-hydrogen) atoms. The average molecular weight is 372 g/mol. The van der Waals surface area contributed by atoms with Crippen molar-refractivity contribution in [3.05, 3.63) is 41.4 Å². The summed E-state index contributed by atoms with van der Waals surface area (Å²) in [6.07, 6.45) is 8.82. The quantitative estimate of drug-likeness (QED) is 0.652. The van der Waals surface area contributed by atoms with E-state index in [1.807, 2.05) is 18.5 Å². The van der Waals surface area contributed by atoms with Crippen molar-refractivity contribution >= 4 is 28.6 Å². The lowest BCUT2D eigenvalue weighted by Crippen LogP contribution is -2.13. The molecule has 0 bridgehead atoms. The maximum Gasteiger partial charge on any atom is 0.226 e. The number of nitrogens with one attached hydrogen (secondary N) is 1. The molecular formula is C19H22ClN5O. The summed E-state index contributed by atoms with van der Waals surface area (Å²) in [5.41, 5.74) is 2.72. The number of nitrogens with zero attached hydrogens (tertiary/aromatic N) is 4. The van der Waals surface area contributed by atoms with E-state index in [2.05, 4.69) is 24.8 Å². The Bertz CT molecular complexity index is 887. The number of hydrogen-bond donors (Lipinski definition) is 2. The van der Waals surface area contributed by atoms with Crippen LogP contribution < -0.4 is 5.32 Å². The molecule has 0 spiro atoms. The third-order valence-electron chi connectivity index (χ3n) is 5.00. The van der Waals surface area contributed by atoms with Gasteiger partial charge in [-0.25, -0.2) is 4.98 Å². The minimum absolute atomic E-state index is 0.238. The van der Waals surface area contributed by atoms with E-state index in [-0.39, 0.29) is 11.0 Å². The van der Waals surface area contributed by atoms with Gasteiger partial charge in [0, 0.05) is 12.6 Å². The van der Waals surface area contributed by atoms with Gasteiger partial charge < -0.3 is 15.0 Å². The lowest BCUT2D eigenvalue weighted by atomic mass is 9.95. The molecule has 1 aromatic carbocycles. The molecule has 136 valence electrons. The maximum absolute atomic E-state index is 9.36. The minimum atomic E-state index is 0.238. The molecule has 0 radical (unpaired) electrons. The van der Waals surface area contributed by atoms with Crippen LogP contribution >= 0.6 is 11.6 Å². The second kappa shape index (κ2) is 7.50. The van der Waals surface area contributed by atoms with Gasteiger partial charge in [0.2, 0.25) is 5.28 Å². The fraction of sp³-hybridized carbons (Fsp3) is 0.421. The van der Waals surface area contributed by atoms with Gasteiger partial charge in [-0.05, 0) is 48.6 Å². The molecule has 0 aliphatic heterocycles. The predicted octanol–water partition coefficient (Wildman–Crippen LogP) is 4.35. The fourth-order valence-corrected chi connectivity index (χ4v) is 3.79. The normalized spacial score (nSPS) is 15.4. The molecule has 1 saturated carbocycles. The largest absolute Gasteiger partial charge is 0.508 e. The summed E-state index contributed by atoms with van der Waals surface area (Å²) in [7, 11) is 0. The van der Waals surface area contributed by atoms with E-state index in [1.54, 1.807) is 12.1 Å². The van der Waals surface area contributed by atoms with E-state index >= 15 is 0 Å². The Hall–Kier alpha value is -2.34. The number of hydrogen-bond acceptors (Lipinski definition) is 5. The van der Waals surface area contributed by atoms with Crippen molar-refractivity contribution in [3.8, 4) is 5.75 Å². The molecule has 4 rings (SSSR count). The number of benzene rings is 1. The first kappa shape index (κ1) is 17.1. The summed E-state index contributed by atoms with van der Waals surface area (Å²) in [6, 6.07) is 7.67. The Morgan fingerprint density at radius 3 is 2.65 bits per heavy atom. The molecular weight excluding hydrogens is 350 g/mol. The first-order chi connectivity index (χ1) is 12.7. The summed E-state index contributed by atoms with van der Waals surface area (Å²) >= 11 is 6.17. The van der Waals surface area contributed by atoms with Gasteiger partial charge in [-0.2, -0.15) is 9.97 Å². The Labute approximate surface area is 157 Å². The molecule has 1 fully saturated rings. The third-order valence-corrected chi connectivity index (χ3v) is 5.17. The van der Waals surface area contributed by atoms with Crippen LogP contribution in [0.1, 0.15) is 43.7 Å². The first-order valence-electron chi connectivity index (χ1n) is 9.12. The fourth-order valence-electron chi connectivity index (χ4n) is 3.63. The minimum Gasteiger partial charge on any atom is -0.508 e. The second-order valence-electron chi connectivity index (χ2n) is 6.80. The summed E-state index contributed by atoms with van der Waals surface area (Å²) < 4.78 is 2.16. The number of anilines is 1. The molecule has 0 atom stereocenters. The van der Waals surface area contributed by atoms with Gasteiger partial charge in [0.15, 0.2) is 17.0 Å². The lowest BCUT2D eigenvalue weighted by molar-refractivity contribution is 0.358. The highest BCUT2D eigenvalue weighted by atomic mass is 35.5. The molecule has 1 aliphatic carbocycles. The zero-order valence-corrected chi connectivity index (χ0v) is 15.3. The van der Waals surface area contributed by atoms with Crippen molar-refractivity contribution in [3.63, 3.8) is 0 Å². The van der Waals surface area contributed by atoms with Crippen LogP contribution in [0.4, 0.5) is 5.82 Å². The van der Waals surface area contributed by atoms with Crippen LogP contribution in [0.2, 0.25) is 5.28 Å². The van der Waals surface area contributed by atoms with Crippen LogP contribution in [-0.2, 0) is 6.42 Å². The molecule has 2 aromatic heterocycles. The standard InChI is InChI=1S/C19H22ClN5O/c20-19-23-17(21-11-10-13-6-8-15(26)9-7-13)16-18(24-19)25(12-22-16)14-4-2-1-3-5-14/h6-9,12,14,26H,1-5,10-11H2,(H,21,23,24). The zero-order chi connectivity index (χ0) is 17.9. The lowest BCUT2D eigenvalue weighted by Gasteiger charge is -2.23. The summed E-state index contributed by atoms with van der Waals surface area (Å²) in [5.74, 6) is 0.951. The highest BCUT2D eigenvalue weighted by Gasteiger charge is 2.20. The average Bonchev–Trinajstić information content (AvgIpc) is 3.08. The summed E-state index contributed by atoms with van der Waals surface area (Å²) in [4.78, 5) is 13.3. The van der Waals surface area contributed by atoms with Crippen molar-refractivity contribution in [2.45, 2.75) is 44.6 Å². The highest BCUT2D eigenvalue weighted by molar-refractivity contribution is 6.28. The SMILES string of the molecule is Oc1ccc(CCNc2nc(Cl)nc3c2ncn3C2CCCCC2)cc1. The van der Waals surface area contributed by atoms with Crippen LogP contribution in [0.5, 0.6) is 5.75 Å². The van der Waals surface area contributed by atoms with Gasteiger partial charge in [-0.1, -0.05) is 31.4 Å². The first-order valence-corrected chi connectivity index (χ1v) is 9.50. The smallest absolute Gasteiger partial charge is 0.226 e. The van der Waals surface area contributed by atoms with Gasteiger partial charge >= 0.3 is 0 Å². The molecule has 6 nitrogen and oxygen atoms in total. The predicted molar refractivity (Wildman–Crippen MR) is 103 cm³/mol. The van der Waals surface area contributed by atoms with Crippen molar-refractivity contribution in [2.75, 3.05) is 11.9 Å². The van der Waals surface area contributed by atoms with E-state index in [1.165, 1.54) is 19.3 Å². The molecule has 0 unspecified atom stereocenters. The number of aromatic nitrogens is 4. The van der Waals surface area contributed by atoms with Crippen molar-refractivity contribution in [2.24, 2.45) is 0 Å². The molecule has 2 heterocycles. The molecule has 1 aliphatic rings. The number of halogens is 1. The maximum atomic E-state index is 9.36. The van der Waals surface area contributed by atoms with E-state index in [9.17, 15) is 5.11 Å². The van der Waals surface area contributed by atoms with E-state index < -0.39 is 0 Å². The van der Waals surface area contributed by atoms with Gasteiger partial charge in [0.1, 0.15) is 5.75 Å². The van der Waals surface area contributed by atoms with Gasteiger partial charge in [0.05, 0.1) is 6.33 Å². The van der Waals surface area contributed by atoms with Crippen LogP contribution in [0.25, 0.3) is 11.2 Å². The summed E-state index contributed by atoms with van der Waals surface area (Å²) in [5, 5.41) is 12.9. The van der Waals surface area contributed by atoms with Gasteiger partial charge in [0.25, 0.3) is 0 Å². The van der Waals surface area contributed by atoms with Crippen molar-refractivity contribution < 1.29 is 5.11 Å². The molecule has 3 aromatic rings. The number of rotatable bonds is 5.